The monoisotopic (exact) mass is 549 g/mol. The number of alkyl halides is 3. The molecule has 3 aromatic heterocycles. The number of aliphatic hydroxyl groups is 1. The summed E-state index contributed by atoms with van der Waals surface area (Å²) in [5, 5.41) is 13.3. The number of carbonyl (C=O) groups is 1. The number of anilines is 1. The van der Waals surface area contributed by atoms with Crippen LogP contribution in [0.3, 0.4) is 0 Å². The number of nitrogens with one attached hydrogen (secondary N) is 1. The zero-order valence-corrected chi connectivity index (χ0v) is 21.6. The predicted octanol–water partition coefficient (Wildman–Crippen LogP) is 6.40. The fourth-order valence-corrected chi connectivity index (χ4v) is 4.51. The molecule has 204 valence electrons. The molecule has 0 aliphatic heterocycles. The molecule has 0 spiro atoms. The number of fused-ring (bicyclic) bond motifs is 1. The summed E-state index contributed by atoms with van der Waals surface area (Å²) in [5.41, 5.74) is -0.721. The number of pyridine rings is 1. The zero-order valence-electron chi connectivity index (χ0n) is 21.6. The van der Waals surface area contributed by atoms with E-state index in [4.69, 9.17) is 0 Å². The van der Waals surface area contributed by atoms with E-state index in [1.807, 2.05) is 31.2 Å². The van der Waals surface area contributed by atoms with Crippen molar-refractivity contribution in [2.75, 3.05) is 5.32 Å². The molecule has 5 aromatic rings. The molecule has 40 heavy (non-hydrogen) atoms. The smallest absolute Gasteiger partial charge is 0.384 e. The number of aryl methyl sites for hydroxylation is 1. The van der Waals surface area contributed by atoms with Gasteiger partial charge in [-0.2, -0.15) is 13.2 Å². The van der Waals surface area contributed by atoms with E-state index in [0.717, 1.165) is 17.2 Å². The van der Waals surface area contributed by atoms with Crippen LogP contribution in [0.25, 0.3) is 28.2 Å². The molecule has 1 amide bonds. The van der Waals surface area contributed by atoms with Crippen LogP contribution in [0.5, 0.6) is 0 Å². The average Bonchev–Trinajstić information content (AvgIpc) is 3.35. The summed E-state index contributed by atoms with van der Waals surface area (Å²) in [4.78, 5) is 25.7. The highest BCUT2D eigenvalue weighted by Crippen LogP contribution is 2.39. The lowest BCUT2D eigenvalue weighted by molar-refractivity contribution is -0.137. The van der Waals surface area contributed by atoms with Crippen molar-refractivity contribution in [1.82, 2.24) is 19.4 Å². The average molecular weight is 550 g/mol. The molecule has 0 saturated carbocycles. The molecule has 11 heteroatoms. The number of imidazole rings is 1. The third-order valence-electron chi connectivity index (χ3n) is 6.44. The third kappa shape index (κ3) is 4.91. The summed E-state index contributed by atoms with van der Waals surface area (Å²) in [7, 11) is 0. The molecule has 2 aromatic carbocycles. The fraction of sp³-hybridized carbons (Fsp3) is 0.172. The molecule has 0 aliphatic carbocycles. The molecule has 0 bridgehead atoms. The minimum absolute atomic E-state index is 0.189. The minimum Gasteiger partial charge on any atom is -0.384 e. The quantitative estimate of drug-likeness (QED) is 0.248. The number of halogens is 4. The standard InChI is InChI=1S/C29H23F4N5O2/c1-16-7-4-5-8-17(16)18-9-12-38-23(28(2,3)40)15-36-26(38)24(18)37-27(39)20-13-19(25-34-10-6-11-35-25)21(14-22(20)30)29(31,32)33/h4-15,40H,1-3H3,(H,37,39). The van der Waals surface area contributed by atoms with Crippen LogP contribution < -0.4 is 5.32 Å². The summed E-state index contributed by atoms with van der Waals surface area (Å²) in [5.74, 6) is -2.68. The maximum atomic E-state index is 15.1. The van der Waals surface area contributed by atoms with Gasteiger partial charge in [-0.1, -0.05) is 24.3 Å². The predicted molar refractivity (Wildman–Crippen MR) is 141 cm³/mol. The fourth-order valence-electron chi connectivity index (χ4n) is 4.51. The van der Waals surface area contributed by atoms with Crippen molar-refractivity contribution in [3.8, 4) is 22.5 Å². The van der Waals surface area contributed by atoms with Crippen LogP contribution in [-0.4, -0.2) is 30.4 Å². The highest BCUT2D eigenvalue weighted by atomic mass is 19.4. The van der Waals surface area contributed by atoms with E-state index in [1.165, 1.54) is 24.7 Å². The van der Waals surface area contributed by atoms with E-state index in [0.29, 0.717) is 11.3 Å². The molecule has 0 fully saturated rings. The van der Waals surface area contributed by atoms with Gasteiger partial charge < -0.3 is 10.4 Å². The Labute approximate surface area is 226 Å². The largest absolute Gasteiger partial charge is 0.417 e. The lowest BCUT2D eigenvalue weighted by Crippen LogP contribution is -2.19. The molecule has 0 atom stereocenters. The van der Waals surface area contributed by atoms with Gasteiger partial charge in [-0.05, 0) is 56.2 Å². The van der Waals surface area contributed by atoms with Crippen LogP contribution in [0.4, 0.5) is 23.2 Å². The van der Waals surface area contributed by atoms with Crippen molar-refractivity contribution in [2.45, 2.75) is 32.5 Å². The van der Waals surface area contributed by atoms with E-state index in [2.05, 4.69) is 20.3 Å². The topological polar surface area (TPSA) is 92.4 Å². The number of benzene rings is 2. The highest BCUT2D eigenvalue weighted by Gasteiger charge is 2.36. The maximum absolute atomic E-state index is 15.1. The van der Waals surface area contributed by atoms with E-state index in [1.54, 1.807) is 30.5 Å². The van der Waals surface area contributed by atoms with Crippen molar-refractivity contribution >= 4 is 17.2 Å². The van der Waals surface area contributed by atoms with Gasteiger partial charge in [0.1, 0.15) is 11.4 Å². The van der Waals surface area contributed by atoms with Gasteiger partial charge in [-0.15, -0.1) is 0 Å². The molecule has 0 unspecified atom stereocenters. The number of hydrogen-bond donors (Lipinski definition) is 2. The Hall–Kier alpha value is -4.64. The molecule has 0 radical (unpaired) electrons. The number of amides is 1. The van der Waals surface area contributed by atoms with Crippen molar-refractivity contribution in [3.63, 3.8) is 0 Å². The number of rotatable bonds is 5. The van der Waals surface area contributed by atoms with Gasteiger partial charge in [0.05, 0.1) is 28.7 Å². The Balaban J connectivity index is 1.69. The van der Waals surface area contributed by atoms with Gasteiger partial charge in [-0.25, -0.2) is 19.3 Å². The highest BCUT2D eigenvalue weighted by molar-refractivity contribution is 6.09. The second-order valence-electron chi connectivity index (χ2n) is 9.72. The first-order valence-electron chi connectivity index (χ1n) is 12.1. The minimum atomic E-state index is -4.92. The van der Waals surface area contributed by atoms with Crippen LogP contribution in [0.2, 0.25) is 0 Å². The molecule has 5 rings (SSSR count). The van der Waals surface area contributed by atoms with Crippen LogP contribution in [-0.2, 0) is 11.8 Å². The van der Waals surface area contributed by atoms with E-state index in [-0.39, 0.29) is 23.2 Å². The van der Waals surface area contributed by atoms with E-state index in [9.17, 15) is 23.1 Å². The Morgan fingerprint density at radius 2 is 1.65 bits per heavy atom. The third-order valence-corrected chi connectivity index (χ3v) is 6.44. The van der Waals surface area contributed by atoms with Gasteiger partial charge in [-0.3, -0.25) is 9.20 Å². The summed E-state index contributed by atoms with van der Waals surface area (Å²) in [6.07, 6.45) is 0.725. The van der Waals surface area contributed by atoms with Crippen LogP contribution >= 0.6 is 0 Å². The molecule has 0 saturated heterocycles. The Morgan fingerprint density at radius 3 is 2.30 bits per heavy atom. The maximum Gasteiger partial charge on any atom is 0.417 e. The first kappa shape index (κ1) is 26.9. The number of hydrogen-bond acceptors (Lipinski definition) is 5. The van der Waals surface area contributed by atoms with E-state index >= 15 is 4.39 Å². The molecule has 7 nitrogen and oxygen atoms in total. The lowest BCUT2D eigenvalue weighted by atomic mass is 9.99. The molecule has 3 heterocycles. The Bertz CT molecular complexity index is 1740. The van der Waals surface area contributed by atoms with Crippen LogP contribution in [0.15, 0.2) is 73.3 Å². The number of carbonyl (C=O) groups excluding carboxylic acids is 1. The van der Waals surface area contributed by atoms with Gasteiger partial charge in [0, 0.05) is 29.7 Å². The Morgan fingerprint density at radius 1 is 0.950 bits per heavy atom. The number of aromatic nitrogens is 4. The second-order valence-corrected chi connectivity index (χ2v) is 9.72. The second kappa shape index (κ2) is 9.83. The summed E-state index contributed by atoms with van der Waals surface area (Å²) in [6, 6.07) is 11.6. The van der Waals surface area contributed by atoms with Crippen LogP contribution in [0, 0.1) is 12.7 Å². The SMILES string of the molecule is Cc1ccccc1-c1ccn2c(C(C)(C)O)cnc2c1NC(=O)c1cc(-c2ncccn2)c(C(F)(F)F)cc1F. The van der Waals surface area contributed by atoms with Gasteiger partial charge in [0.15, 0.2) is 11.5 Å². The van der Waals surface area contributed by atoms with Crippen molar-refractivity contribution < 1.29 is 27.5 Å². The number of nitrogens with zero attached hydrogens (tertiary/aromatic N) is 4. The molecule has 2 N–H and O–H groups in total. The summed E-state index contributed by atoms with van der Waals surface area (Å²) < 4.78 is 58.1. The first-order chi connectivity index (χ1) is 18.9. The Kier molecular flexibility index (Phi) is 6.62. The van der Waals surface area contributed by atoms with Crippen molar-refractivity contribution in [2.24, 2.45) is 0 Å². The van der Waals surface area contributed by atoms with Gasteiger partial charge >= 0.3 is 6.18 Å². The zero-order chi connectivity index (χ0) is 28.8. The van der Waals surface area contributed by atoms with Crippen molar-refractivity contribution in [1.29, 1.82) is 0 Å². The van der Waals surface area contributed by atoms with E-state index < -0.39 is 40.2 Å². The molecule has 0 aliphatic rings. The molecular weight excluding hydrogens is 526 g/mol. The van der Waals surface area contributed by atoms with Crippen molar-refractivity contribution in [3.05, 3.63) is 102 Å². The summed E-state index contributed by atoms with van der Waals surface area (Å²) >= 11 is 0. The van der Waals surface area contributed by atoms with Gasteiger partial charge in [0.2, 0.25) is 0 Å². The molecular formula is C29H23F4N5O2. The van der Waals surface area contributed by atoms with Crippen LogP contribution in [0.1, 0.15) is 41.0 Å². The normalized spacial score (nSPS) is 12.1. The van der Waals surface area contributed by atoms with Gasteiger partial charge in [0.25, 0.3) is 5.91 Å². The lowest BCUT2D eigenvalue weighted by Gasteiger charge is -2.19. The first-order valence-corrected chi connectivity index (χ1v) is 12.1. The summed E-state index contributed by atoms with van der Waals surface area (Å²) in [6.45, 7) is 5.03.